The van der Waals surface area contributed by atoms with E-state index in [9.17, 15) is 4.79 Å². The predicted octanol–water partition coefficient (Wildman–Crippen LogP) is 3.63. The lowest BCUT2D eigenvalue weighted by Gasteiger charge is -2.19. The van der Waals surface area contributed by atoms with Gasteiger partial charge in [0.2, 0.25) is 0 Å². The third-order valence-electron chi connectivity index (χ3n) is 2.22. The van der Waals surface area contributed by atoms with Crippen LogP contribution in [-0.2, 0) is 10.2 Å². The molecule has 102 valence electrons. The molecule has 0 spiro atoms. The van der Waals surface area contributed by atoms with E-state index in [0.717, 1.165) is 11.3 Å². The zero-order valence-electron chi connectivity index (χ0n) is 12.2. The summed E-state index contributed by atoms with van der Waals surface area (Å²) < 4.78 is 10.4. The summed E-state index contributed by atoms with van der Waals surface area (Å²) in [4.78, 5) is 11.6. The van der Waals surface area contributed by atoms with Crippen LogP contribution in [0.25, 0.3) is 0 Å². The average Bonchev–Trinajstić information content (AvgIpc) is 2.43. The summed E-state index contributed by atoms with van der Waals surface area (Å²) in [6.07, 6.45) is -0.528. The summed E-state index contributed by atoms with van der Waals surface area (Å²) in [5, 5.41) is 6.46. The molecule has 1 heterocycles. The van der Waals surface area contributed by atoms with Crippen molar-refractivity contribution in [1.82, 2.24) is 5.16 Å². The zero-order chi connectivity index (χ0) is 14.1. The van der Waals surface area contributed by atoms with Crippen molar-refractivity contribution in [2.75, 3.05) is 5.32 Å². The summed E-state index contributed by atoms with van der Waals surface area (Å²) in [5.41, 5.74) is 0.146. The van der Waals surface area contributed by atoms with Crippen molar-refractivity contribution in [3.05, 3.63) is 11.3 Å². The Morgan fingerprint density at radius 1 is 1.22 bits per heavy atom. The van der Waals surface area contributed by atoms with Crippen LogP contribution in [0, 0.1) is 6.92 Å². The van der Waals surface area contributed by atoms with Gasteiger partial charge in [0.1, 0.15) is 11.4 Å². The Balaban J connectivity index is 2.82. The van der Waals surface area contributed by atoms with E-state index in [2.05, 4.69) is 10.5 Å². The normalized spacial score (nSPS) is 12.4. The first-order chi connectivity index (χ1) is 8.00. The first-order valence-electron chi connectivity index (χ1n) is 5.97. The molecule has 0 saturated heterocycles. The molecule has 5 heteroatoms. The minimum Gasteiger partial charge on any atom is -0.444 e. The molecule has 0 aliphatic rings. The van der Waals surface area contributed by atoms with Gasteiger partial charge < -0.3 is 9.26 Å². The number of anilines is 1. The van der Waals surface area contributed by atoms with Gasteiger partial charge in [0, 0.05) is 11.0 Å². The fraction of sp³-hybridized carbons (Fsp3) is 0.692. The van der Waals surface area contributed by atoms with Gasteiger partial charge in [-0.3, -0.25) is 5.32 Å². The van der Waals surface area contributed by atoms with Gasteiger partial charge in [-0.25, -0.2) is 4.79 Å². The molecule has 0 fully saturated rings. The van der Waals surface area contributed by atoms with Crippen LogP contribution in [-0.4, -0.2) is 16.9 Å². The highest BCUT2D eigenvalue weighted by molar-refractivity contribution is 5.84. The number of carbonyl (C=O) groups excluding carboxylic acids is 1. The second-order valence-electron chi connectivity index (χ2n) is 6.36. The number of amides is 1. The third kappa shape index (κ3) is 3.75. The highest BCUT2D eigenvalue weighted by Gasteiger charge is 2.26. The molecule has 18 heavy (non-hydrogen) atoms. The van der Waals surface area contributed by atoms with E-state index in [1.54, 1.807) is 0 Å². The highest BCUT2D eigenvalue weighted by atomic mass is 16.6. The number of aromatic nitrogens is 1. The Bertz CT molecular complexity index is 436. The lowest BCUT2D eigenvalue weighted by Crippen LogP contribution is -2.27. The first kappa shape index (κ1) is 14.5. The maximum Gasteiger partial charge on any atom is 0.413 e. The van der Waals surface area contributed by atoms with E-state index in [1.165, 1.54) is 0 Å². The number of hydrogen-bond acceptors (Lipinski definition) is 4. The van der Waals surface area contributed by atoms with Crippen LogP contribution in [0.4, 0.5) is 10.6 Å². The molecule has 1 N–H and O–H groups in total. The molecule has 1 amide bonds. The van der Waals surface area contributed by atoms with Gasteiger partial charge in [0.25, 0.3) is 0 Å². The Hall–Kier alpha value is -1.52. The third-order valence-corrected chi connectivity index (χ3v) is 2.22. The Labute approximate surface area is 108 Å². The minimum absolute atomic E-state index is 0.148. The van der Waals surface area contributed by atoms with Crippen LogP contribution in [0.15, 0.2) is 4.52 Å². The van der Waals surface area contributed by atoms with E-state index < -0.39 is 11.7 Å². The van der Waals surface area contributed by atoms with Crippen molar-refractivity contribution in [3.63, 3.8) is 0 Å². The van der Waals surface area contributed by atoms with Gasteiger partial charge >= 0.3 is 6.09 Å². The SMILES string of the molecule is Cc1c(NC(=O)OC(C)(C)C)noc1C(C)(C)C. The standard InChI is InChI=1S/C13H22N2O3/c1-8-9(12(2,3)4)18-15-10(8)14-11(16)17-13(5,6)7/h1-7H3,(H,14,15,16). The first-order valence-corrected chi connectivity index (χ1v) is 5.97. The summed E-state index contributed by atoms with van der Waals surface area (Å²) >= 11 is 0. The van der Waals surface area contributed by atoms with Crippen LogP contribution in [0.5, 0.6) is 0 Å². The predicted molar refractivity (Wildman–Crippen MR) is 69.8 cm³/mol. The van der Waals surface area contributed by atoms with Gasteiger partial charge in [-0.1, -0.05) is 25.9 Å². The number of hydrogen-bond donors (Lipinski definition) is 1. The molecule has 0 radical (unpaired) electrons. The van der Waals surface area contributed by atoms with E-state index >= 15 is 0 Å². The topological polar surface area (TPSA) is 64.4 Å². The van der Waals surface area contributed by atoms with Crippen molar-refractivity contribution in [2.45, 2.75) is 59.5 Å². The highest BCUT2D eigenvalue weighted by Crippen LogP contribution is 2.29. The van der Waals surface area contributed by atoms with E-state index in [4.69, 9.17) is 9.26 Å². The molecule has 1 aromatic rings. The van der Waals surface area contributed by atoms with E-state index in [-0.39, 0.29) is 5.41 Å². The summed E-state index contributed by atoms with van der Waals surface area (Å²) in [7, 11) is 0. The van der Waals surface area contributed by atoms with Gasteiger partial charge in [0.15, 0.2) is 5.82 Å². The van der Waals surface area contributed by atoms with Crippen LogP contribution in [0.1, 0.15) is 52.9 Å². The summed E-state index contributed by atoms with van der Waals surface area (Å²) in [5.74, 6) is 1.17. The Morgan fingerprint density at radius 3 is 2.17 bits per heavy atom. The van der Waals surface area contributed by atoms with E-state index in [0.29, 0.717) is 5.82 Å². The number of ether oxygens (including phenoxy) is 1. The molecule has 0 unspecified atom stereocenters. The fourth-order valence-corrected chi connectivity index (χ4v) is 1.55. The van der Waals surface area contributed by atoms with Gasteiger partial charge in [-0.15, -0.1) is 0 Å². The van der Waals surface area contributed by atoms with Crippen LogP contribution >= 0.6 is 0 Å². The summed E-state index contributed by atoms with van der Waals surface area (Å²) in [6.45, 7) is 13.4. The Morgan fingerprint density at radius 2 is 1.78 bits per heavy atom. The Kier molecular flexibility index (Phi) is 3.74. The summed E-state index contributed by atoms with van der Waals surface area (Å²) in [6, 6.07) is 0. The lowest BCUT2D eigenvalue weighted by molar-refractivity contribution is 0.0634. The maximum absolute atomic E-state index is 11.6. The van der Waals surface area contributed by atoms with Crippen LogP contribution in [0.3, 0.4) is 0 Å². The lowest BCUT2D eigenvalue weighted by atomic mass is 9.91. The number of nitrogens with one attached hydrogen (secondary N) is 1. The monoisotopic (exact) mass is 254 g/mol. The molecule has 0 bridgehead atoms. The van der Waals surface area contributed by atoms with Crippen molar-refractivity contribution < 1.29 is 14.1 Å². The minimum atomic E-state index is -0.533. The number of carbonyl (C=O) groups is 1. The fourth-order valence-electron chi connectivity index (χ4n) is 1.55. The van der Waals surface area contributed by atoms with Crippen molar-refractivity contribution in [1.29, 1.82) is 0 Å². The quantitative estimate of drug-likeness (QED) is 0.831. The number of nitrogens with zero attached hydrogens (tertiary/aromatic N) is 1. The maximum atomic E-state index is 11.6. The number of rotatable bonds is 1. The molecule has 0 saturated carbocycles. The molecular formula is C13H22N2O3. The van der Waals surface area contributed by atoms with Crippen molar-refractivity contribution in [2.24, 2.45) is 0 Å². The van der Waals surface area contributed by atoms with E-state index in [1.807, 2.05) is 48.5 Å². The van der Waals surface area contributed by atoms with Gasteiger partial charge in [-0.2, -0.15) is 0 Å². The molecule has 5 nitrogen and oxygen atoms in total. The molecule has 0 aliphatic carbocycles. The van der Waals surface area contributed by atoms with Crippen LogP contribution < -0.4 is 5.32 Å². The molecule has 0 aromatic carbocycles. The molecule has 1 aromatic heterocycles. The molecule has 0 atom stereocenters. The van der Waals surface area contributed by atoms with Gasteiger partial charge in [-0.05, 0) is 27.7 Å². The van der Waals surface area contributed by atoms with Gasteiger partial charge in [0.05, 0.1) is 0 Å². The smallest absolute Gasteiger partial charge is 0.413 e. The molecule has 1 rings (SSSR count). The second-order valence-corrected chi connectivity index (χ2v) is 6.36. The van der Waals surface area contributed by atoms with Crippen LogP contribution in [0.2, 0.25) is 0 Å². The zero-order valence-corrected chi connectivity index (χ0v) is 12.2. The van der Waals surface area contributed by atoms with Crippen molar-refractivity contribution in [3.8, 4) is 0 Å². The van der Waals surface area contributed by atoms with Crippen molar-refractivity contribution >= 4 is 11.9 Å². The largest absolute Gasteiger partial charge is 0.444 e. The molecular weight excluding hydrogens is 232 g/mol. The average molecular weight is 254 g/mol. The second kappa shape index (κ2) is 4.63. The molecule has 0 aliphatic heterocycles.